The van der Waals surface area contributed by atoms with Crippen LogP contribution < -0.4 is 14.8 Å². The van der Waals surface area contributed by atoms with Gasteiger partial charge in [0.05, 0.1) is 19.4 Å². The molecular formula is C20H23NO3. The number of aryl methyl sites for hydroxylation is 2. The molecule has 126 valence electrons. The number of methoxy groups -OCH3 is 1. The molecule has 24 heavy (non-hydrogen) atoms. The first-order valence-corrected chi connectivity index (χ1v) is 7.91. The minimum Gasteiger partial charge on any atom is -0.497 e. The van der Waals surface area contributed by atoms with Crippen LogP contribution in [0, 0.1) is 13.8 Å². The van der Waals surface area contributed by atoms with Gasteiger partial charge in [-0.2, -0.15) is 0 Å². The predicted octanol–water partition coefficient (Wildman–Crippen LogP) is 4.36. The van der Waals surface area contributed by atoms with Crippen molar-refractivity contribution in [1.82, 2.24) is 0 Å². The number of para-hydroxylation sites is 2. The van der Waals surface area contributed by atoms with Gasteiger partial charge in [0.15, 0.2) is 0 Å². The zero-order chi connectivity index (χ0) is 17.5. The van der Waals surface area contributed by atoms with E-state index in [2.05, 4.69) is 5.32 Å². The first kappa shape index (κ1) is 17.6. The second-order valence-corrected chi connectivity index (χ2v) is 5.43. The van der Waals surface area contributed by atoms with E-state index in [4.69, 9.17) is 9.47 Å². The molecule has 0 unspecified atom stereocenters. The summed E-state index contributed by atoms with van der Waals surface area (Å²) in [7, 11) is 1.65. The van der Waals surface area contributed by atoms with E-state index in [1.165, 1.54) is 6.08 Å². The Morgan fingerprint density at radius 2 is 1.83 bits per heavy atom. The summed E-state index contributed by atoms with van der Waals surface area (Å²) in [5.41, 5.74) is 3.80. The van der Waals surface area contributed by atoms with E-state index in [1.54, 1.807) is 7.11 Å². The number of hydrogen-bond acceptors (Lipinski definition) is 3. The minimum atomic E-state index is -0.197. The van der Waals surface area contributed by atoms with E-state index in [-0.39, 0.29) is 5.91 Å². The summed E-state index contributed by atoms with van der Waals surface area (Å²) in [6.07, 6.45) is 3.35. The van der Waals surface area contributed by atoms with E-state index < -0.39 is 0 Å². The van der Waals surface area contributed by atoms with Gasteiger partial charge in [-0.3, -0.25) is 4.79 Å². The molecular weight excluding hydrogens is 302 g/mol. The van der Waals surface area contributed by atoms with Crippen LogP contribution in [0.15, 0.2) is 42.5 Å². The monoisotopic (exact) mass is 325 g/mol. The summed E-state index contributed by atoms with van der Waals surface area (Å²) >= 11 is 0. The van der Waals surface area contributed by atoms with Crippen molar-refractivity contribution in [2.45, 2.75) is 20.8 Å². The maximum absolute atomic E-state index is 12.2. The van der Waals surface area contributed by atoms with Crippen molar-refractivity contribution in [3.8, 4) is 11.5 Å². The Kier molecular flexibility index (Phi) is 6.01. The van der Waals surface area contributed by atoms with Crippen LogP contribution in [0.1, 0.15) is 23.6 Å². The Labute approximate surface area is 143 Å². The van der Waals surface area contributed by atoms with Crippen molar-refractivity contribution in [3.05, 3.63) is 59.2 Å². The third-order valence-corrected chi connectivity index (χ3v) is 3.65. The van der Waals surface area contributed by atoms with Crippen LogP contribution in [0.2, 0.25) is 0 Å². The highest BCUT2D eigenvalue weighted by atomic mass is 16.5. The Morgan fingerprint density at radius 1 is 1.17 bits per heavy atom. The molecule has 1 N–H and O–H groups in total. The molecule has 2 rings (SSSR count). The van der Waals surface area contributed by atoms with E-state index in [1.807, 2.05) is 63.2 Å². The quantitative estimate of drug-likeness (QED) is 0.803. The standard InChI is InChI=1S/C20H23NO3/c1-5-24-19-9-7-6-8-18(19)21-20(22)11-10-17-14(2)12-16(23-4)13-15(17)3/h6-13H,5H2,1-4H3,(H,21,22)/b11-10+. The van der Waals surface area contributed by atoms with Crippen LogP contribution in [0.5, 0.6) is 11.5 Å². The molecule has 0 atom stereocenters. The first-order valence-electron chi connectivity index (χ1n) is 7.91. The summed E-state index contributed by atoms with van der Waals surface area (Å²) in [6.45, 7) is 6.45. The van der Waals surface area contributed by atoms with Gasteiger partial charge < -0.3 is 14.8 Å². The SMILES string of the molecule is CCOc1ccccc1NC(=O)/C=C/c1c(C)cc(OC)cc1C. The maximum Gasteiger partial charge on any atom is 0.248 e. The zero-order valence-corrected chi connectivity index (χ0v) is 14.6. The van der Waals surface area contributed by atoms with E-state index in [9.17, 15) is 4.79 Å². The normalized spacial score (nSPS) is 10.7. The van der Waals surface area contributed by atoms with Crippen molar-refractivity contribution in [1.29, 1.82) is 0 Å². The molecule has 0 aliphatic carbocycles. The van der Waals surface area contributed by atoms with Crippen LogP contribution in [-0.4, -0.2) is 19.6 Å². The highest BCUT2D eigenvalue weighted by Gasteiger charge is 2.06. The number of carbonyl (C=O) groups is 1. The molecule has 0 bridgehead atoms. The number of anilines is 1. The predicted molar refractivity (Wildman–Crippen MR) is 97.7 cm³/mol. The number of carbonyl (C=O) groups excluding carboxylic acids is 1. The fraction of sp³-hybridized carbons (Fsp3) is 0.250. The number of benzene rings is 2. The van der Waals surface area contributed by atoms with Gasteiger partial charge in [-0.25, -0.2) is 0 Å². The summed E-state index contributed by atoms with van der Waals surface area (Å²) in [6, 6.07) is 11.3. The van der Waals surface area contributed by atoms with Gasteiger partial charge in [-0.15, -0.1) is 0 Å². The van der Waals surface area contributed by atoms with Gasteiger partial charge in [0.1, 0.15) is 11.5 Å². The molecule has 4 nitrogen and oxygen atoms in total. The van der Waals surface area contributed by atoms with Gasteiger partial charge in [0, 0.05) is 6.08 Å². The molecule has 0 radical (unpaired) electrons. The molecule has 0 aromatic heterocycles. The average Bonchev–Trinajstić information content (AvgIpc) is 2.56. The number of ether oxygens (including phenoxy) is 2. The van der Waals surface area contributed by atoms with Crippen molar-refractivity contribution in [3.63, 3.8) is 0 Å². The fourth-order valence-corrected chi connectivity index (χ4v) is 2.50. The smallest absolute Gasteiger partial charge is 0.248 e. The minimum absolute atomic E-state index is 0.197. The fourth-order valence-electron chi connectivity index (χ4n) is 2.50. The van der Waals surface area contributed by atoms with Crippen LogP contribution >= 0.6 is 0 Å². The summed E-state index contributed by atoms with van der Waals surface area (Å²) in [5, 5.41) is 2.85. The Morgan fingerprint density at radius 3 is 2.46 bits per heavy atom. The molecule has 0 aliphatic rings. The molecule has 0 fully saturated rings. The third-order valence-electron chi connectivity index (χ3n) is 3.65. The summed E-state index contributed by atoms with van der Waals surface area (Å²) in [5.74, 6) is 1.28. The molecule has 0 aliphatic heterocycles. The van der Waals surface area contributed by atoms with Crippen LogP contribution in [0.3, 0.4) is 0 Å². The van der Waals surface area contributed by atoms with Gasteiger partial charge >= 0.3 is 0 Å². The van der Waals surface area contributed by atoms with Gasteiger partial charge in [0.2, 0.25) is 5.91 Å². The number of hydrogen-bond donors (Lipinski definition) is 1. The van der Waals surface area contributed by atoms with Crippen molar-refractivity contribution >= 4 is 17.7 Å². The largest absolute Gasteiger partial charge is 0.497 e. The number of amides is 1. The number of nitrogens with one attached hydrogen (secondary N) is 1. The molecule has 1 amide bonds. The van der Waals surface area contributed by atoms with Gasteiger partial charge in [-0.1, -0.05) is 12.1 Å². The topological polar surface area (TPSA) is 47.6 Å². The van der Waals surface area contributed by atoms with E-state index in [0.717, 1.165) is 22.4 Å². The lowest BCUT2D eigenvalue weighted by atomic mass is 10.0. The summed E-state index contributed by atoms with van der Waals surface area (Å²) < 4.78 is 10.8. The van der Waals surface area contributed by atoms with Gasteiger partial charge in [-0.05, 0) is 67.8 Å². The lowest BCUT2D eigenvalue weighted by Crippen LogP contribution is -2.09. The Balaban J connectivity index is 2.14. The molecule has 4 heteroatoms. The van der Waals surface area contributed by atoms with E-state index >= 15 is 0 Å². The molecule has 2 aromatic rings. The third kappa shape index (κ3) is 4.38. The molecule has 0 saturated heterocycles. The highest BCUT2D eigenvalue weighted by Crippen LogP contribution is 2.25. The lowest BCUT2D eigenvalue weighted by Gasteiger charge is -2.10. The Hall–Kier alpha value is -2.75. The zero-order valence-electron chi connectivity index (χ0n) is 14.6. The Bertz CT molecular complexity index is 727. The number of rotatable bonds is 6. The summed E-state index contributed by atoms with van der Waals surface area (Å²) in [4.78, 5) is 12.2. The van der Waals surface area contributed by atoms with Gasteiger partial charge in [0.25, 0.3) is 0 Å². The van der Waals surface area contributed by atoms with Crippen LogP contribution in [0.4, 0.5) is 5.69 Å². The second kappa shape index (κ2) is 8.20. The lowest BCUT2D eigenvalue weighted by molar-refractivity contribution is -0.111. The first-order chi connectivity index (χ1) is 11.5. The van der Waals surface area contributed by atoms with Crippen molar-refractivity contribution in [2.75, 3.05) is 19.0 Å². The van der Waals surface area contributed by atoms with Crippen molar-refractivity contribution < 1.29 is 14.3 Å². The van der Waals surface area contributed by atoms with Crippen LogP contribution in [0.25, 0.3) is 6.08 Å². The molecule has 0 spiro atoms. The molecule has 0 heterocycles. The average molecular weight is 325 g/mol. The van der Waals surface area contributed by atoms with Crippen LogP contribution in [-0.2, 0) is 4.79 Å². The second-order valence-electron chi connectivity index (χ2n) is 5.43. The van der Waals surface area contributed by atoms with Crippen molar-refractivity contribution in [2.24, 2.45) is 0 Å². The molecule has 0 saturated carbocycles. The maximum atomic E-state index is 12.2. The highest BCUT2D eigenvalue weighted by molar-refractivity contribution is 6.02. The molecule has 2 aromatic carbocycles. The van der Waals surface area contributed by atoms with E-state index in [0.29, 0.717) is 18.0 Å².